The molecule has 0 radical (unpaired) electrons. The number of aryl methyl sites for hydroxylation is 2. The molecule has 2 rings (SSSR count). The van der Waals surface area contributed by atoms with E-state index in [9.17, 15) is 5.11 Å². The van der Waals surface area contributed by atoms with Crippen LogP contribution in [0.15, 0.2) is 24.4 Å². The van der Waals surface area contributed by atoms with E-state index in [1.54, 1.807) is 6.20 Å². The smallest absolute Gasteiger partial charge is 0.117 e. The van der Waals surface area contributed by atoms with Crippen LogP contribution in [0.4, 0.5) is 0 Å². The predicted molar refractivity (Wildman–Crippen MR) is 59.9 cm³/mol. The molecule has 1 N–H and O–H groups in total. The van der Waals surface area contributed by atoms with E-state index in [0.717, 1.165) is 16.0 Å². The molecule has 1 unspecified atom stereocenters. The molecule has 1 aromatic carbocycles. The minimum Gasteiger partial charge on any atom is -0.383 e. The first-order valence-electron chi connectivity index (χ1n) is 4.71. The lowest BCUT2D eigenvalue weighted by Crippen LogP contribution is -2.00. The highest BCUT2D eigenvalue weighted by Gasteiger charge is 2.14. The van der Waals surface area contributed by atoms with Gasteiger partial charge in [-0.3, -0.25) is 0 Å². The molecule has 4 heteroatoms. The van der Waals surface area contributed by atoms with E-state index < -0.39 is 6.10 Å². The van der Waals surface area contributed by atoms with Crippen LogP contribution in [-0.4, -0.2) is 14.7 Å². The average Bonchev–Trinajstić information content (AvgIpc) is 2.69. The summed E-state index contributed by atoms with van der Waals surface area (Å²) in [5.41, 5.74) is 3.22. The Morgan fingerprint density at radius 2 is 2.13 bits per heavy atom. The van der Waals surface area contributed by atoms with Gasteiger partial charge in [0, 0.05) is 0 Å². The van der Waals surface area contributed by atoms with E-state index in [2.05, 4.69) is 15.7 Å². The molecule has 78 valence electrons. The molecule has 0 aliphatic carbocycles. The Balaban J connectivity index is 2.38. The molecule has 0 bridgehead atoms. The molecule has 15 heavy (non-hydrogen) atoms. The maximum absolute atomic E-state index is 10.1. The van der Waals surface area contributed by atoms with Crippen molar-refractivity contribution in [1.82, 2.24) is 9.59 Å². The quantitative estimate of drug-likeness (QED) is 0.844. The highest BCUT2D eigenvalue weighted by Crippen LogP contribution is 2.26. The van der Waals surface area contributed by atoms with Crippen LogP contribution >= 0.6 is 11.5 Å². The van der Waals surface area contributed by atoms with Crippen LogP contribution in [0.2, 0.25) is 0 Å². The van der Waals surface area contributed by atoms with Crippen LogP contribution in [0.3, 0.4) is 0 Å². The first-order valence-corrected chi connectivity index (χ1v) is 5.48. The number of rotatable bonds is 2. The lowest BCUT2D eigenvalue weighted by Gasteiger charge is -2.11. The topological polar surface area (TPSA) is 46.0 Å². The Bertz CT molecular complexity index is 454. The Morgan fingerprint density at radius 3 is 2.73 bits per heavy atom. The highest BCUT2D eigenvalue weighted by atomic mass is 32.1. The van der Waals surface area contributed by atoms with Gasteiger partial charge in [0.1, 0.15) is 6.10 Å². The molecule has 0 spiro atoms. The fourth-order valence-corrected chi connectivity index (χ4v) is 2.09. The van der Waals surface area contributed by atoms with E-state index in [-0.39, 0.29) is 0 Å². The molecule has 1 aromatic heterocycles. The summed E-state index contributed by atoms with van der Waals surface area (Å²) in [5, 5.41) is 13.8. The fourth-order valence-electron chi connectivity index (χ4n) is 1.58. The summed E-state index contributed by atoms with van der Waals surface area (Å²) >= 11 is 1.23. The average molecular weight is 220 g/mol. The molecule has 0 aliphatic heterocycles. The van der Waals surface area contributed by atoms with Crippen LogP contribution < -0.4 is 0 Å². The lowest BCUT2D eigenvalue weighted by atomic mass is 10.0. The Morgan fingerprint density at radius 1 is 1.33 bits per heavy atom. The number of aliphatic hydroxyl groups excluding tert-OH is 1. The molecule has 2 aromatic rings. The maximum atomic E-state index is 10.1. The largest absolute Gasteiger partial charge is 0.383 e. The minimum atomic E-state index is -0.606. The summed E-state index contributed by atoms with van der Waals surface area (Å²) < 4.78 is 3.75. The molecular weight excluding hydrogens is 208 g/mol. The van der Waals surface area contributed by atoms with Crippen molar-refractivity contribution < 1.29 is 5.11 Å². The normalized spacial score (nSPS) is 12.7. The van der Waals surface area contributed by atoms with Crippen molar-refractivity contribution in [2.24, 2.45) is 0 Å². The molecule has 0 saturated heterocycles. The highest BCUT2D eigenvalue weighted by molar-refractivity contribution is 7.05. The molecule has 0 saturated carbocycles. The van der Waals surface area contributed by atoms with Gasteiger partial charge in [0.25, 0.3) is 0 Å². The number of benzene rings is 1. The van der Waals surface area contributed by atoms with E-state index in [4.69, 9.17) is 0 Å². The van der Waals surface area contributed by atoms with Gasteiger partial charge in [-0.1, -0.05) is 28.3 Å². The van der Waals surface area contributed by atoms with Gasteiger partial charge in [-0.25, -0.2) is 0 Å². The summed E-state index contributed by atoms with van der Waals surface area (Å²) in [6.45, 7) is 4.04. The first kappa shape index (κ1) is 10.3. The molecular formula is C11H12N2OS. The minimum absolute atomic E-state index is 0.606. The second-order valence-electron chi connectivity index (χ2n) is 3.58. The van der Waals surface area contributed by atoms with Crippen LogP contribution in [0.5, 0.6) is 0 Å². The van der Waals surface area contributed by atoms with Crippen molar-refractivity contribution >= 4 is 11.5 Å². The number of hydrogen-bond acceptors (Lipinski definition) is 4. The van der Waals surface area contributed by atoms with Crippen LogP contribution in [-0.2, 0) is 0 Å². The number of hydrogen-bond donors (Lipinski definition) is 1. The molecule has 3 nitrogen and oxygen atoms in total. The Hall–Kier alpha value is -1.26. The second kappa shape index (κ2) is 4.08. The SMILES string of the molecule is Cc1ccc(C(O)c2cnns2)c(C)c1. The van der Waals surface area contributed by atoms with E-state index in [1.165, 1.54) is 17.1 Å². The zero-order chi connectivity index (χ0) is 10.8. The number of aliphatic hydroxyl groups is 1. The molecule has 0 fully saturated rings. The fraction of sp³-hybridized carbons (Fsp3) is 0.273. The molecule has 1 atom stereocenters. The molecule has 1 heterocycles. The summed E-state index contributed by atoms with van der Waals surface area (Å²) in [6, 6.07) is 6.02. The van der Waals surface area contributed by atoms with Gasteiger partial charge >= 0.3 is 0 Å². The van der Waals surface area contributed by atoms with Crippen molar-refractivity contribution in [1.29, 1.82) is 0 Å². The summed E-state index contributed by atoms with van der Waals surface area (Å²) in [6.07, 6.45) is 1.000. The van der Waals surface area contributed by atoms with Gasteiger partial charge in [-0.2, -0.15) is 0 Å². The third kappa shape index (κ3) is 2.06. The monoisotopic (exact) mass is 220 g/mol. The Kier molecular flexibility index (Phi) is 2.79. The van der Waals surface area contributed by atoms with E-state index >= 15 is 0 Å². The number of aromatic nitrogens is 2. The molecule has 0 aliphatic rings. The van der Waals surface area contributed by atoms with E-state index in [0.29, 0.717) is 0 Å². The van der Waals surface area contributed by atoms with Crippen LogP contribution in [0.25, 0.3) is 0 Å². The lowest BCUT2D eigenvalue weighted by molar-refractivity contribution is 0.223. The van der Waals surface area contributed by atoms with Crippen molar-refractivity contribution in [2.45, 2.75) is 20.0 Å². The van der Waals surface area contributed by atoms with Gasteiger partial charge in [0.15, 0.2) is 0 Å². The van der Waals surface area contributed by atoms with E-state index in [1.807, 2.05) is 26.0 Å². The first-order chi connectivity index (χ1) is 7.18. The summed E-state index contributed by atoms with van der Waals surface area (Å²) in [4.78, 5) is 0.780. The maximum Gasteiger partial charge on any atom is 0.117 e. The predicted octanol–water partition coefficient (Wildman–Crippen LogP) is 2.24. The zero-order valence-corrected chi connectivity index (χ0v) is 9.45. The third-order valence-electron chi connectivity index (χ3n) is 2.37. The van der Waals surface area contributed by atoms with Crippen LogP contribution in [0, 0.1) is 13.8 Å². The summed E-state index contributed by atoms with van der Waals surface area (Å²) in [5.74, 6) is 0. The Labute approximate surface area is 92.6 Å². The van der Waals surface area contributed by atoms with Crippen molar-refractivity contribution in [3.63, 3.8) is 0 Å². The number of nitrogens with zero attached hydrogens (tertiary/aromatic N) is 2. The van der Waals surface area contributed by atoms with Gasteiger partial charge < -0.3 is 5.11 Å². The second-order valence-corrected chi connectivity index (χ2v) is 4.40. The van der Waals surface area contributed by atoms with Gasteiger partial charge in [-0.05, 0) is 36.5 Å². The van der Waals surface area contributed by atoms with Crippen molar-refractivity contribution in [2.75, 3.05) is 0 Å². The van der Waals surface area contributed by atoms with Gasteiger partial charge in [-0.15, -0.1) is 5.10 Å². The third-order valence-corrected chi connectivity index (χ3v) is 3.08. The van der Waals surface area contributed by atoms with Crippen molar-refractivity contribution in [3.05, 3.63) is 46.0 Å². The standard InChI is InChI=1S/C11H12N2OS/c1-7-3-4-9(8(2)5-7)11(14)10-6-12-13-15-10/h3-6,11,14H,1-2H3. The van der Waals surface area contributed by atoms with Crippen molar-refractivity contribution in [3.8, 4) is 0 Å². The molecule has 0 amide bonds. The van der Waals surface area contributed by atoms with Crippen LogP contribution in [0.1, 0.15) is 27.7 Å². The van der Waals surface area contributed by atoms with Gasteiger partial charge in [0.2, 0.25) is 0 Å². The zero-order valence-electron chi connectivity index (χ0n) is 8.64. The van der Waals surface area contributed by atoms with Gasteiger partial charge in [0.05, 0.1) is 11.1 Å². The summed E-state index contributed by atoms with van der Waals surface area (Å²) in [7, 11) is 0.